The van der Waals surface area contributed by atoms with E-state index < -0.39 is 0 Å². The van der Waals surface area contributed by atoms with Crippen molar-refractivity contribution in [2.75, 3.05) is 31.1 Å². The lowest BCUT2D eigenvalue weighted by Gasteiger charge is -2.24. The Labute approximate surface area is 111 Å². The van der Waals surface area contributed by atoms with Gasteiger partial charge in [-0.2, -0.15) is 0 Å². The molecule has 100 valence electrons. The van der Waals surface area contributed by atoms with Gasteiger partial charge in [0, 0.05) is 25.3 Å². The summed E-state index contributed by atoms with van der Waals surface area (Å²) in [5, 5.41) is 0. The van der Waals surface area contributed by atoms with Crippen LogP contribution in [-0.2, 0) is 0 Å². The molecule has 3 heteroatoms. The average molecular weight is 247 g/mol. The van der Waals surface area contributed by atoms with Crippen LogP contribution in [0.1, 0.15) is 45.2 Å². The first kappa shape index (κ1) is 13.3. The Morgan fingerprint density at radius 2 is 2.06 bits per heavy atom. The molecule has 0 unspecified atom stereocenters. The Hall–Kier alpha value is -1.09. The zero-order chi connectivity index (χ0) is 13.0. The second-order valence-corrected chi connectivity index (χ2v) is 4.91. The quantitative estimate of drug-likeness (QED) is 0.797. The van der Waals surface area contributed by atoms with E-state index in [-0.39, 0.29) is 0 Å². The van der Waals surface area contributed by atoms with Gasteiger partial charge in [-0.1, -0.05) is 13.0 Å². The molecule has 1 atom stereocenters. The van der Waals surface area contributed by atoms with Crippen molar-refractivity contribution in [3.63, 3.8) is 0 Å². The van der Waals surface area contributed by atoms with E-state index >= 15 is 0 Å². The molecule has 1 aliphatic heterocycles. The van der Waals surface area contributed by atoms with Crippen LogP contribution in [-0.4, -0.2) is 36.1 Å². The molecule has 0 aromatic carbocycles. The third-order valence-corrected chi connectivity index (χ3v) is 4.01. The van der Waals surface area contributed by atoms with Gasteiger partial charge in [0.05, 0.1) is 0 Å². The number of anilines is 1. The van der Waals surface area contributed by atoms with Gasteiger partial charge in [-0.25, -0.2) is 4.98 Å². The van der Waals surface area contributed by atoms with Gasteiger partial charge < -0.3 is 4.90 Å². The minimum Gasteiger partial charge on any atom is -0.357 e. The van der Waals surface area contributed by atoms with Crippen LogP contribution in [0.15, 0.2) is 18.3 Å². The van der Waals surface area contributed by atoms with E-state index in [1.165, 1.54) is 24.9 Å². The van der Waals surface area contributed by atoms with E-state index in [4.69, 9.17) is 0 Å². The van der Waals surface area contributed by atoms with Gasteiger partial charge in [0.25, 0.3) is 0 Å². The topological polar surface area (TPSA) is 19.4 Å². The Bertz CT molecular complexity index is 357. The van der Waals surface area contributed by atoms with Crippen molar-refractivity contribution in [3.05, 3.63) is 23.9 Å². The molecule has 0 bridgehead atoms. The molecule has 1 fully saturated rings. The predicted octanol–water partition coefficient (Wildman–Crippen LogP) is 3.08. The monoisotopic (exact) mass is 247 g/mol. The van der Waals surface area contributed by atoms with Crippen molar-refractivity contribution >= 4 is 5.82 Å². The summed E-state index contributed by atoms with van der Waals surface area (Å²) in [4.78, 5) is 9.47. The minimum absolute atomic E-state index is 0.591. The fourth-order valence-corrected chi connectivity index (χ4v) is 2.91. The van der Waals surface area contributed by atoms with Gasteiger partial charge in [0.15, 0.2) is 0 Å². The predicted molar refractivity (Wildman–Crippen MR) is 77.0 cm³/mol. The summed E-state index contributed by atoms with van der Waals surface area (Å²) in [7, 11) is 0. The number of likely N-dealkylation sites (tertiary alicyclic amines) is 1. The van der Waals surface area contributed by atoms with E-state index in [1.807, 2.05) is 0 Å². The van der Waals surface area contributed by atoms with Crippen molar-refractivity contribution in [3.8, 4) is 0 Å². The molecule has 1 saturated heterocycles. The van der Waals surface area contributed by atoms with E-state index in [9.17, 15) is 0 Å². The van der Waals surface area contributed by atoms with E-state index in [0.717, 1.165) is 25.5 Å². The fourth-order valence-electron chi connectivity index (χ4n) is 2.91. The van der Waals surface area contributed by atoms with Crippen molar-refractivity contribution in [1.29, 1.82) is 0 Å². The summed E-state index contributed by atoms with van der Waals surface area (Å²) in [5.41, 5.74) is 1.38. The summed E-state index contributed by atoms with van der Waals surface area (Å²) in [6.07, 6.45) is 4.67. The maximum Gasteiger partial charge on any atom is 0.128 e. The van der Waals surface area contributed by atoms with Crippen LogP contribution in [0.4, 0.5) is 5.82 Å². The highest BCUT2D eigenvalue weighted by Gasteiger charge is 2.24. The Morgan fingerprint density at radius 1 is 1.28 bits per heavy atom. The van der Waals surface area contributed by atoms with Crippen LogP contribution in [0.3, 0.4) is 0 Å². The first-order valence-corrected chi connectivity index (χ1v) is 7.25. The van der Waals surface area contributed by atoms with Gasteiger partial charge in [-0.3, -0.25) is 4.90 Å². The summed E-state index contributed by atoms with van der Waals surface area (Å²) in [6, 6.07) is 5.03. The molecular weight excluding hydrogens is 222 g/mol. The number of rotatable bonds is 5. The van der Waals surface area contributed by atoms with Crippen molar-refractivity contribution in [1.82, 2.24) is 9.88 Å². The molecule has 0 spiro atoms. The Kier molecular flexibility index (Phi) is 4.59. The molecule has 3 nitrogen and oxygen atoms in total. The summed E-state index contributed by atoms with van der Waals surface area (Å²) in [6.45, 7) is 11.0. The summed E-state index contributed by atoms with van der Waals surface area (Å²) >= 11 is 0. The maximum absolute atomic E-state index is 4.63. The normalized spacial score (nSPS) is 20.3. The lowest BCUT2D eigenvalue weighted by atomic mass is 10.1. The third-order valence-electron chi connectivity index (χ3n) is 4.01. The molecule has 0 aliphatic carbocycles. The standard InChI is InChI=1S/C15H25N3/c1-4-17(5-2)15-10-9-13(12-16-15)14-8-7-11-18(14)6-3/h9-10,12,14H,4-8,11H2,1-3H3/t14-/m1/s1. The third kappa shape index (κ3) is 2.66. The van der Waals surface area contributed by atoms with Gasteiger partial charge >= 0.3 is 0 Å². The molecular formula is C15H25N3. The zero-order valence-corrected chi connectivity index (χ0v) is 11.9. The first-order chi connectivity index (χ1) is 8.80. The van der Waals surface area contributed by atoms with Gasteiger partial charge in [0.1, 0.15) is 5.82 Å². The second-order valence-electron chi connectivity index (χ2n) is 4.91. The van der Waals surface area contributed by atoms with Gasteiger partial charge in [0.2, 0.25) is 0 Å². The second kappa shape index (κ2) is 6.19. The van der Waals surface area contributed by atoms with Crippen LogP contribution in [0.2, 0.25) is 0 Å². The zero-order valence-electron chi connectivity index (χ0n) is 11.9. The van der Waals surface area contributed by atoms with E-state index in [0.29, 0.717) is 6.04 Å². The molecule has 1 aromatic rings. The number of nitrogens with zero attached hydrogens (tertiary/aromatic N) is 3. The highest BCUT2D eigenvalue weighted by Crippen LogP contribution is 2.31. The fraction of sp³-hybridized carbons (Fsp3) is 0.667. The van der Waals surface area contributed by atoms with Crippen molar-refractivity contribution in [2.45, 2.75) is 39.7 Å². The Balaban J connectivity index is 2.12. The molecule has 0 radical (unpaired) electrons. The highest BCUT2D eigenvalue weighted by atomic mass is 15.2. The molecule has 1 aromatic heterocycles. The van der Waals surface area contributed by atoms with Crippen LogP contribution in [0.25, 0.3) is 0 Å². The van der Waals surface area contributed by atoms with Crippen LogP contribution >= 0.6 is 0 Å². The Morgan fingerprint density at radius 3 is 2.61 bits per heavy atom. The molecule has 0 amide bonds. The van der Waals surface area contributed by atoms with Crippen LogP contribution < -0.4 is 4.90 Å². The molecule has 2 rings (SSSR count). The molecule has 0 N–H and O–H groups in total. The van der Waals surface area contributed by atoms with Crippen molar-refractivity contribution < 1.29 is 0 Å². The lowest BCUT2D eigenvalue weighted by Crippen LogP contribution is -2.24. The van der Waals surface area contributed by atoms with Crippen LogP contribution in [0, 0.1) is 0 Å². The molecule has 2 heterocycles. The SMILES string of the molecule is CCN(CC)c1ccc([C@H]2CCCN2CC)cn1. The number of aromatic nitrogens is 1. The van der Waals surface area contributed by atoms with Crippen LogP contribution in [0.5, 0.6) is 0 Å². The van der Waals surface area contributed by atoms with Gasteiger partial charge in [-0.05, 0) is 51.4 Å². The maximum atomic E-state index is 4.63. The number of hydrogen-bond donors (Lipinski definition) is 0. The van der Waals surface area contributed by atoms with E-state index in [2.05, 4.69) is 53.9 Å². The first-order valence-electron chi connectivity index (χ1n) is 7.25. The summed E-state index contributed by atoms with van der Waals surface area (Å²) in [5.74, 6) is 1.10. The lowest BCUT2D eigenvalue weighted by molar-refractivity contribution is 0.271. The number of pyridine rings is 1. The average Bonchev–Trinajstić information content (AvgIpc) is 2.89. The summed E-state index contributed by atoms with van der Waals surface area (Å²) < 4.78 is 0. The number of hydrogen-bond acceptors (Lipinski definition) is 3. The molecule has 1 aliphatic rings. The smallest absolute Gasteiger partial charge is 0.128 e. The largest absolute Gasteiger partial charge is 0.357 e. The van der Waals surface area contributed by atoms with Crippen molar-refractivity contribution in [2.24, 2.45) is 0 Å². The molecule has 18 heavy (non-hydrogen) atoms. The van der Waals surface area contributed by atoms with E-state index in [1.54, 1.807) is 0 Å². The minimum atomic E-state index is 0.591. The van der Waals surface area contributed by atoms with Gasteiger partial charge in [-0.15, -0.1) is 0 Å². The highest BCUT2D eigenvalue weighted by molar-refractivity contribution is 5.39. The molecule has 0 saturated carbocycles.